The Morgan fingerprint density at radius 3 is 1.50 bits per heavy atom. The molecule has 0 atom stereocenters. The largest absolute Gasteiger partial charge is 0.398 e. The average Bonchev–Trinajstić information content (AvgIpc) is 2.28. The Labute approximate surface area is 95.9 Å². The summed E-state index contributed by atoms with van der Waals surface area (Å²) in [5.41, 5.74) is 17.1. The van der Waals surface area contributed by atoms with Gasteiger partial charge in [0.2, 0.25) is 0 Å². The van der Waals surface area contributed by atoms with Crippen LogP contribution in [-0.2, 0) is 12.8 Å². The van der Waals surface area contributed by atoms with Crippen molar-refractivity contribution in [3.8, 4) is 0 Å². The molecule has 0 aliphatic rings. The Hall–Kier alpha value is -1.26. The van der Waals surface area contributed by atoms with Gasteiger partial charge in [-0.15, -0.1) is 0 Å². The summed E-state index contributed by atoms with van der Waals surface area (Å²) in [5.74, 6) is 0. The molecule has 6 N–H and O–H groups in total. The summed E-state index contributed by atoms with van der Waals surface area (Å²) in [6.45, 7) is 3.91. The van der Waals surface area contributed by atoms with Crippen LogP contribution >= 0.6 is 0 Å². The van der Waals surface area contributed by atoms with Gasteiger partial charge in [-0.2, -0.15) is 0 Å². The average molecular weight is 224 g/mol. The highest BCUT2D eigenvalue weighted by Gasteiger charge is 2.15. The van der Waals surface area contributed by atoms with Crippen LogP contribution in [0, 0.1) is 13.8 Å². The molecule has 0 bridgehead atoms. The lowest BCUT2D eigenvalue weighted by Gasteiger charge is -2.19. The first kappa shape index (κ1) is 12.8. The van der Waals surface area contributed by atoms with Crippen molar-refractivity contribution in [2.24, 2.45) is 0 Å². The number of nitrogen functional groups attached to an aromatic ring is 2. The van der Waals surface area contributed by atoms with Gasteiger partial charge in [0, 0.05) is 24.6 Å². The summed E-state index contributed by atoms with van der Waals surface area (Å²) in [6, 6.07) is 0. The highest BCUT2D eigenvalue weighted by Crippen LogP contribution is 2.31. The number of benzene rings is 1. The maximum absolute atomic E-state index is 9.00. The van der Waals surface area contributed by atoms with Gasteiger partial charge in [-0.3, -0.25) is 0 Å². The van der Waals surface area contributed by atoms with Gasteiger partial charge in [0.25, 0.3) is 0 Å². The van der Waals surface area contributed by atoms with Crippen molar-refractivity contribution in [1.82, 2.24) is 0 Å². The van der Waals surface area contributed by atoms with Crippen LogP contribution in [0.1, 0.15) is 22.3 Å². The zero-order valence-electron chi connectivity index (χ0n) is 9.88. The van der Waals surface area contributed by atoms with Crippen LogP contribution in [0.15, 0.2) is 0 Å². The minimum absolute atomic E-state index is 0.0477. The van der Waals surface area contributed by atoms with E-state index < -0.39 is 0 Å². The van der Waals surface area contributed by atoms with Crippen molar-refractivity contribution in [2.45, 2.75) is 26.7 Å². The van der Waals surface area contributed by atoms with Crippen LogP contribution in [0.2, 0.25) is 0 Å². The van der Waals surface area contributed by atoms with E-state index in [9.17, 15) is 0 Å². The van der Waals surface area contributed by atoms with Crippen molar-refractivity contribution in [1.29, 1.82) is 0 Å². The molecule has 0 aromatic heterocycles. The fourth-order valence-corrected chi connectivity index (χ4v) is 2.06. The lowest BCUT2D eigenvalue weighted by atomic mass is 9.92. The van der Waals surface area contributed by atoms with Crippen LogP contribution in [0.25, 0.3) is 0 Å². The second-order valence-electron chi connectivity index (χ2n) is 3.98. The normalized spacial score (nSPS) is 10.8. The maximum Gasteiger partial charge on any atom is 0.0472 e. The fourth-order valence-electron chi connectivity index (χ4n) is 2.06. The van der Waals surface area contributed by atoms with Gasteiger partial charge >= 0.3 is 0 Å². The highest BCUT2D eigenvalue weighted by molar-refractivity contribution is 5.70. The molecule has 0 heterocycles. The summed E-state index contributed by atoms with van der Waals surface area (Å²) in [4.78, 5) is 0. The number of hydrogen-bond acceptors (Lipinski definition) is 4. The zero-order valence-corrected chi connectivity index (χ0v) is 9.88. The maximum atomic E-state index is 9.00. The minimum Gasteiger partial charge on any atom is -0.398 e. The summed E-state index contributed by atoms with van der Waals surface area (Å²) >= 11 is 0. The predicted octanol–water partition coefficient (Wildman–Crippen LogP) is 0.537. The first-order valence-corrected chi connectivity index (χ1v) is 5.42. The first-order chi connectivity index (χ1) is 7.54. The van der Waals surface area contributed by atoms with Crippen molar-refractivity contribution in [3.05, 3.63) is 22.3 Å². The number of nitrogens with two attached hydrogens (primary N) is 2. The SMILES string of the molecule is Cc1c(N)c(C)c(CCO)c(N)c1CCO. The van der Waals surface area contributed by atoms with E-state index in [0.29, 0.717) is 24.2 Å². The summed E-state index contributed by atoms with van der Waals surface area (Å²) in [5, 5.41) is 18.0. The molecule has 0 unspecified atom stereocenters. The van der Waals surface area contributed by atoms with Gasteiger partial charge in [-0.05, 0) is 48.9 Å². The molecule has 1 rings (SSSR count). The van der Waals surface area contributed by atoms with Crippen LogP contribution in [0.3, 0.4) is 0 Å². The molecule has 1 aromatic carbocycles. The van der Waals surface area contributed by atoms with Crippen molar-refractivity contribution in [2.75, 3.05) is 24.7 Å². The zero-order chi connectivity index (χ0) is 12.3. The van der Waals surface area contributed by atoms with E-state index in [1.54, 1.807) is 0 Å². The topological polar surface area (TPSA) is 92.5 Å². The first-order valence-electron chi connectivity index (χ1n) is 5.42. The number of aliphatic hydroxyl groups excluding tert-OH is 2. The van der Waals surface area contributed by atoms with E-state index in [-0.39, 0.29) is 13.2 Å². The number of aliphatic hydroxyl groups is 2. The monoisotopic (exact) mass is 224 g/mol. The van der Waals surface area contributed by atoms with Crippen LogP contribution in [0.4, 0.5) is 11.4 Å². The molecule has 0 amide bonds. The Morgan fingerprint density at radius 1 is 0.812 bits per heavy atom. The van der Waals surface area contributed by atoms with Gasteiger partial charge in [-0.1, -0.05) is 0 Å². The van der Waals surface area contributed by atoms with Crippen molar-refractivity contribution in [3.63, 3.8) is 0 Å². The van der Waals surface area contributed by atoms with Crippen molar-refractivity contribution < 1.29 is 10.2 Å². The molecule has 0 spiro atoms. The number of anilines is 2. The van der Waals surface area contributed by atoms with Crippen LogP contribution < -0.4 is 11.5 Å². The Balaban J connectivity index is 3.39. The summed E-state index contributed by atoms with van der Waals surface area (Å²) < 4.78 is 0. The van der Waals surface area contributed by atoms with Gasteiger partial charge in [-0.25, -0.2) is 0 Å². The van der Waals surface area contributed by atoms with E-state index in [1.165, 1.54) is 0 Å². The Bertz CT molecular complexity index is 356. The smallest absolute Gasteiger partial charge is 0.0472 e. The summed E-state index contributed by atoms with van der Waals surface area (Å²) in [7, 11) is 0. The lowest BCUT2D eigenvalue weighted by molar-refractivity contribution is 0.298. The van der Waals surface area contributed by atoms with E-state index >= 15 is 0 Å². The molecule has 4 nitrogen and oxygen atoms in total. The predicted molar refractivity (Wildman–Crippen MR) is 66.3 cm³/mol. The molecule has 90 valence electrons. The van der Waals surface area contributed by atoms with Gasteiger partial charge in [0.05, 0.1) is 0 Å². The molecule has 1 aromatic rings. The fraction of sp³-hybridized carbons (Fsp3) is 0.500. The second kappa shape index (κ2) is 5.18. The molecule has 0 fully saturated rings. The molecule has 0 radical (unpaired) electrons. The molecule has 0 saturated carbocycles. The van der Waals surface area contributed by atoms with Crippen LogP contribution in [-0.4, -0.2) is 23.4 Å². The third kappa shape index (κ3) is 2.13. The second-order valence-corrected chi connectivity index (χ2v) is 3.98. The molecule has 0 saturated heterocycles. The van der Waals surface area contributed by atoms with Crippen LogP contribution in [0.5, 0.6) is 0 Å². The molecule has 0 aliphatic carbocycles. The molecule has 16 heavy (non-hydrogen) atoms. The van der Waals surface area contributed by atoms with Crippen molar-refractivity contribution >= 4 is 11.4 Å². The molecular formula is C12H20N2O2. The number of rotatable bonds is 4. The summed E-state index contributed by atoms with van der Waals surface area (Å²) in [6.07, 6.45) is 1.00. The third-order valence-electron chi connectivity index (χ3n) is 3.09. The lowest BCUT2D eigenvalue weighted by Crippen LogP contribution is -2.11. The van der Waals surface area contributed by atoms with Gasteiger partial charge in [0.15, 0.2) is 0 Å². The van der Waals surface area contributed by atoms with Gasteiger partial charge < -0.3 is 21.7 Å². The van der Waals surface area contributed by atoms with Gasteiger partial charge in [0.1, 0.15) is 0 Å². The molecule has 4 heteroatoms. The highest BCUT2D eigenvalue weighted by atomic mass is 16.3. The van der Waals surface area contributed by atoms with E-state index in [1.807, 2.05) is 13.8 Å². The van der Waals surface area contributed by atoms with E-state index in [0.717, 1.165) is 22.3 Å². The molecule has 0 aliphatic heterocycles. The number of hydrogen-bond donors (Lipinski definition) is 4. The van der Waals surface area contributed by atoms with E-state index in [2.05, 4.69) is 0 Å². The van der Waals surface area contributed by atoms with E-state index in [4.69, 9.17) is 21.7 Å². The Kier molecular flexibility index (Phi) is 4.15. The molecular weight excluding hydrogens is 204 g/mol. The third-order valence-corrected chi connectivity index (χ3v) is 3.09. The standard InChI is InChI=1S/C12H20N2O2/c1-7-9(3-5-15)12(14)10(4-6-16)8(2)11(7)13/h15-16H,3-6,13-14H2,1-2H3. The quantitative estimate of drug-likeness (QED) is 0.562. The minimum atomic E-state index is 0.0477. The Morgan fingerprint density at radius 2 is 1.19 bits per heavy atom.